The molecule has 0 aromatic heterocycles. The molecule has 200 valence electrons. The highest BCUT2D eigenvalue weighted by atomic mass is 35.5. The average Bonchev–Trinajstić information content (AvgIpc) is 2.95. The fourth-order valence-corrected chi connectivity index (χ4v) is 5.74. The van der Waals surface area contributed by atoms with E-state index in [0.29, 0.717) is 18.0 Å². The number of hydrogen-bond acceptors (Lipinski definition) is 4. The SMILES string of the molecule is COc1cccc(CN(C(=O)CSc2ccc(Cl)cc2)[C@@H](Cc2ccccc2)C(=O)NC2CCCCC2)c1. The molecule has 3 aromatic carbocycles. The van der Waals surface area contributed by atoms with Gasteiger partial charge >= 0.3 is 0 Å². The molecule has 0 unspecified atom stereocenters. The maximum atomic E-state index is 13.8. The number of methoxy groups -OCH3 is 1. The van der Waals surface area contributed by atoms with Gasteiger partial charge < -0.3 is 15.0 Å². The van der Waals surface area contributed by atoms with Gasteiger partial charge in [0.2, 0.25) is 11.8 Å². The molecule has 1 saturated carbocycles. The summed E-state index contributed by atoms with van der Waals surface area (Å²) in [5, 5.41) is 3.94. The van der Waals surface area contributed by atoms with Crippen LogP contribution in [0.5, 0.6) is 5.75 Å². The van der Waals surface area contributed by atoms with Gasteiger partial charge in [-0.1, -0.05) is 73.3 Å². The minimum atomic E-state index is -0.635. The Morgan fingerprint density at radius 2 is 1.68 bits per heavy atom. The van der Waals surface area contributed by atoms with E-state index in [1.807, 2.05) is 78.9 Å². The van der Waals surface area contributed by atoms with Crippen LogP contribution in [0.1, 0.15) is 43.2 Å². The number of rotatable bonds is 11. The van der Waals surface area contributed by atoms with Gasteiger partial charge in [-0.15, -0.1) is 11.8 Å². The molecule has 0 radical (unpaired) electrons. The second-order valence-corrected chi connectivity index (χ2v) is 11.1. The van der Waals surface area contributed by atoms with Crippen molar-refractivity contribution in [3.8, 4) is 5.75 Å². The lowest BCUT2D eigenvalue weighted by Crippen LogP contribution is -2.53. The maximum Gasteiger partial charge on any atom is 0.243 e. The molecule has 0 bridgehead atoms. The lowest BCUT2D eigenvalue weighted by Gasteiger charge is -2.33. The average molecular weight is 551 g/mol. The molecule has 1 N–H and O–H groups in total. The zero-order valence-electron chi connectivity index (χ0n) is 21.8. The maximum absolute atomic E-state index is 13.8. The second-order valence-electron chi connectivity index (χ2n) is 9.66. The number of nitrogens with zero attached hydrogens (tertiary/aromatic N) is 1. The van der Waals surface area contributed by atoms with Crippen molar-refractivity contribution < 1.29 is 14.3 Å². The predicted molar refractivity (Wildman–Crippen MR) is 155 cm³/mol. The Morgan fingerprint density at radius 1 is 0.974 bits per heavy atom. The molecule has 4 rings (SSSR count). The third-order valence-corrected chi connectivity index (χ3v) is 8.13. The fraction of sp³-hybridized carbons (Fsp3) is 0.355. The van der Waals surface area contributed by atoms with E-state index in [1.165, 1.54) is 18.2 Å². The number of nitrogens with one attached hydrogen (secondary N) is 1. The van der Waals surface area contributed by atoms with Crippen LogP contribution in [0, 0.1) is 0 Å². The highest BCUT2D eigenvalue weighted by Crippen LogP contribution is 2.24. The molecule has 1 atom stereocenters. The monoisotopic (exact) mass is 550 g/mol. The molecule has 5 nitrogen and oxygen atoms in total. The molecule has 0 saturated heterocycles. The standard InChI is InChI=1S/C31H35ClN2O3S/c1-37-27-14-8-11-24(19-27)21-34(30(35)22-38-28-17-15-25(32)16-18-28)29(20-23-9-4-2-5-10-23)31(36)33-26-12-6-3-7-13-26/h2,4-5,8-11,14-19,26,29H,3,6-7,12-13,20-22H2,1H3,(H,33,36)/t29-/m0/s1. The number of halogens is 1. The van der Waals surface area contributed by atoms with E-state index in [-0.39, 0.29) is 23.6 Å². The lowest BCUT2D eigenvalue weighted by molar-refractivity contribution is -0.139. The summed E-state index contributed by atoms with van der Waals surface area (Å²) in [6, 6.07) is 24.6. The van der Waals surface area contributed by atoms with Gasteiger partial charge in [-0.2, -0.15) is 0 Å². The van der Waals surface area contributed by atoms with E-state index < -0.39 is 6.04 Å². The van der Waals surface area contributed by atoms with Gasteiger partial charge in [0.15, 0.2) is 0 Å². The summed E-state index contributed by atoms with van der Waals surface area (Å²) in [6.07, 6.45) is 5.87. The molecule has 38 heavy (non-hydrogen) atoms. The quantitative estimate of drug-likeness (QED) is 0.276. The largest absolute Gasteiger partial charge is 0.497 e. The van der Waals surface area contributed by atoms with Crippen LogP contribution in [0.25, 0.3) is 0 Å². The molecule has 0 spiro atoms. The van der Waals surface area contributed by atoms with Crippen LogP contribution in [-0.2, 0) is 22.6 Å². The van der Waals surface area contributed by atoms with E-state index in [9.17, 15) is 9.59 Å². The van der Waals surface area contributed by atoms with Crippen LogP contribution in [-0.4, -0.2) is 41.7 Å². The molecular weight excluding hydrogens is 516 g/mol. The van der Waals surface area contributed by atoms with Crippen molar-refractivity contribution >= 4 is 35.2 Å². The number of amides is 2. The van der Waals surface area contributed by atoms with Gasteiger partial charge in [-0.05, 0) is 60.4 Å². The Hall–Kier alpha value is -2.96. The van der Waals surface area contributed by atoms with Crippen LogP contribution in [0.2, 0.25) is 5.02 Å². The zero-order chi connectivity index (χ0) is 26.7. The second kappa shape index (κ2) is 14.3. The van der Waals surface area contributed by atoms with Crippen LogP contribution >= 0.6 is 23.4 Å². The molecule has 3 aromatic rings. The van der Waals surface area contributed by atoms with Gasteiger partial charge in [-0.25, -0.2) is 0 Å². The topological polar surface area (TPSA) is 58.6 Å². The van der Waals surface area contributed by atoms with Gasteiger partial charge in [0, 0.05) is 28.9 Å². The summed E-state index contributed by atoms with van der Waals surface area (Å²) in [5.41, 5.74) is 1.93. The molecular formula is C31H35ClN2O3S. The van der Waals surface area contributed by atoms with Gasteiger partial charge in [-0.3, -0.25) is 9.59 Å². The molecule has 0 aliphatic heterocycles. The Bertz CT molecular complexity index is 1180. The summed E-state index contributed by atoms with van der Waals surface area (Å²) in [5.74, 6) is 0.755. The van der Waals surface area contributed by atoms with Gasteiger partial charge in [0.05, 0.1) is 12.9 Å². The fourth-order valence-electron chi connectivity index (χ4n) is 4.82. The van der Waals surface area contributed by atoms with Crippen LogP contribution in [0.3, 0.4) is 0 Å². The Labute approximate surface area is 234 Å². The lowest BCUT2D eigenvalue weighted by atomic mass is 9.94. The van der Waals surface area contributed by atoms with Crippen LogP contribution in [0.4, 0.5) is 0 Å². The van der Waals surface area contributed by atoms with Gasteiger partial charge in [0.1, 0.15) is 11.8 Å². The van der Waals surface area contributed by atoms with E-state index in [2.05, 4.69) is 5.32 Å². The van der Waals surface area contributed by atoms with Crippen molar-refractivity contribution in [2.45, 2.75) is 62.0 Å². The highest BCUT2D eigenvalue weighted by Gasteiger charge is 2.32. The first-order chi connectivity index (χ1) is 18.5. The first kappa shape index (κ1) is 28.1. The first-order valence-corrected chi connectivity index (χ1v) is 14.5. The van der Waals surface area contributed by atoms with Gasteiger partial charge in [0.25, 0.3) is 0 Å². The number of carbonyl (C=O) groups is 2. The van der Waals surface area contributed by atoms with Crippen molar-refractivity contribution in [1.82, 2.24) is 10.2 Å². The third-order valence-electron chi connectivity index (χ3n) is 6.89. The first-order valence-electron chi connectivity index (χ1n) is 13.2. The Kier molecular flexibility index (Phi) is 10.5. The highest BCUT2D eigenvalue weighted by molar-refractivity contribution is 8.00. The van der Waals surface area contributed by atoms with E-state index in [0.717, 1.165) is 47.5 Å². The van der Waals surface area contributed by atoms with Crippen molar-refractivity contribution in [2.24, 2.45) is 0 Å². The van der Waals surface area contributed by atoms with Crippen molar-refractivity contribution in [3.63, 3.8) is 0 Å². The van der Waals surface area contributed by atoms with Crippen LogP contribution < -0.4 is 10.1 Å². The smallest absolute Gasteiger partial charge is 0.243 e. The van der Waals surface area contributed by atoms with Crippen molar-refractivity contribution in [2.75, 3.05) is 12.9 Å². The summed E-state index contributed by atoms with van der Waals surface area (Å²) in [6.45, 7) is 0.312. The summed E-state index contributed by atoms with van der Waals surface area (Å²) in [4.78, 5) is 30.4. The molecule has 1 aliphatic carbocycles. The summed E-state index contributed by atoms with van der Waals surface area (Å²) in [7, 11) is 1.63. The normalized spacial score (nSPS) is 14.5. The number of benzene rings is 3. The van der Waals surface area contributed by atoms with Crippen molar-refractivity contribution in [1.29, 1.82) is 0 Å². The number of thioether (sulfide) groups is 1. The van der Waals surface area contributed by atoms with E-state index in [4.69, 9.17) is 16.3 Å². The third kappa shape index (κ3) is 8.27. The minimum absolute atomic E-state index is 0.0894. The molecule has 1 fully saturated rings. The molecule has 1 aliphatic rings. The molecule has 7 heteroatoms. The Morgan fingerprint density at radius 3 is 2.39 bits per heavy atom. The summed E-state index contributed by atoms with van der Waals surface area (Å²) >= 11 is 7.48. The van der Waals surface area contributed by atoms with Crippen LogP contribution in [0.15, 0.2) is 83.8 Å². The minimum Gasteiger partial charge on any atom is -0.497 e. The molecule has 0 heterocycles. The number of carbonyl (C=O) groups excluding carboxylic acids is 2. The zero-order valence-corrected chi connectivity index (χ0v) is 23.3. The van der Waals surface area contributed by atoms with E-state index in [1.54, 1.807) is 12.0 Å². The predicted octanol–water partition coefficient (Wildman–Crippen LogP) is 6.53. The van der Waals surface area contributed by atoms with E-state index >= 15 is 0 Å². The number of ether oxygens (including phenoxy) is 1. The Balaban J connectivity index is 1.61. The summed E-state index contributed by atoms with van der Waals surface area (Å²) < 4.78 is 5.42. The molecule has 2 amide bonds. The number of hydrogen-bond donors (Lipinski definition) is 1. The van der Waals surface area contributed by atoms with Crippen molar-refractivity contribution in [3.05, 3.63) is 95.0 Å².